The molecule has 0 radical (unpaired) electrons. The highest BCUT2D eigenvalue weighted by molar-refractivity contribution is 5.96. The second-order valence-electron chi connectivity index (χ2n) is 9.65. The van der Waals surface area contributed by atoms with Gasteiger partial charge in [-0.1, -0.05) is 46.2 Å². The van der Waals surface area contributed by atoms with Crippen LogP contribution >= 0.6 is 12.4 Å². The molecule has 8 nitrogen and oxygen atoms in total. The van der Waals surface area contributed by atoms with Crippen molar-refractivity contribution in [2.24, 2.45) is 23.5 Å². The number of rotatable bonds is 18. The standard InChI is InChI=1S/C27H47N3O5.ClH/c1-6-7-13-29-26(32)20(4)16-24(31)23(28)17-21(19(2)3)18-30-27(33)22-11-8-9-12-25(22)35-15-10-14-34-5;/h8-9,11-12,19-21,23-24,31H,6-7,10,13-18,28H2,1-5H3,(H,29,32)(H,30,33);1H/t20-,21-,23+,24+;/m1./s1. The number of hydrogen-bond donors (Lipinski definition) is 4. The lowest BCUT2D eigenvalue weighted by molar-refractivity contribution is -0.125. The van der Waals surface area contributed by atoms with Gasteiger partial charge in [-0.05, 0) is 43.2 Å². The third-order valence-corrected chi connectivity index (χ3v) is 6.29. The summed E-state index contributed by atoms with van der Waals surface area (Å²) in [7, 11) is 1.64. The minimum atomic E-state index is -0.792. The summed E-state index contributed by atoms with van der Waals surface area (Å²) >= 11 is 0. The van der Waals surface area contributed by atoms with Gasteiger partial charge in [-0.15, -0.1) is 12.4 Å². The quantitative estimate of drug-likeness (QED) is 0.216. The van der Waals surface area contributed by atoms with Crippen molar-refractivity contribution in [3.8, 4) is 5.75 Å². The number of ether oxygens (including phenoxy) is 2. The summed E-state index contributed by atoms with van der Waals surface area (Å²) < 4.78 is 10.8. The van der Waals surface area contributed by atoms with Gasteiger partial charge in [0.1, 0.15) is 5.75 Å². The summed E-state index contributed by atoms with van der Waals surface area (Å²) in [5.74, 6) is 0.298. The Balaban J connectivity index is 0.0000122. The van der Waals surface area contributed by atoms with Crippen LogP contribution in [0.5, 0.6) is 5.75 Å². The van der Waals surface area contributed by atoms with Crippen molar-refractivity contribution in [2.45, 2.75) is 71.9 Å². The predicted octanol–water partition coefficient (Wildman–Crippen LogP) is 3.55. The Labute approximate surface area is 223 Å². The Morgan fingerprint density at radius 3 is 2.39 bits per heavy atom. The number of aliphatic hydroxyl groups excluding tert-OH is 1. The summed E-state index contributed by atoms with van der Waals surface area (Å²) in [5, 5.41) is 16.5. The summed E-state index contributed by atoms with van der Waals surface area (Å²) in [6, 6.07) is 6.69. The second kappa shape index (κ2) is 19.3. The fraction of sp³-hybridized carbons (Fsp3) is 0.704. The number of unbranched alkanes of at least 4 members (excludes halogenated alkanes) is 1. The molecule has 0 aromatic heterocycles. The number of hydrogen-bond acceptors (Lipinski definition) is 6. The molecule has 0 saturated heterocycles. The van der Waals surface area contributed by atoms with Gasteiger partial charge in [-0.3, -0.25) is 9.59 Å². The molecule has 1 aromatic carbocycles. The van der Waals surface area contributed by atoms with Crippen molar-refractivity contribution in [2.75, 3.05) is 33.4 Å². The number of aliphatic hydroxyl groups is 1. The zero-order chi connectivity index (χ0) is 26.2. The number of nitrogens with two attached hydrogens (primary N) is 1. The monoisotopic (exact) mass is 529 g/mol. The van der Waals surface area contributed by atoms with E-state index in [1.807, 2.05) is 19.1 Å². The van der Waals surface area contributed by atoms with E-state index in [1.165, 1.54) is 0 Å². The lowest BCUT2D eigenvalue weighted by Crippen LogP contribution is -2.42. The first kappa shape index (κ1) is 34.1. The van der Waals surface area contributed by atoms with Gasteiger partial charge in [0.2, 0.25) is 5.91 Å². The van der Waals surface area contributed by atoms with Crippen LogP contribution in [0.3, 0.4) is 0 Å². The van der Waals surface area contributed by atoms with E-state index in [1.54, 1.807) is 19.2 Å². The first-order valence-electron chi connectivity index (χ1n) is 12.9. The molecule has 9 heteroatoms. The van der Waals surface area contributed by atoms with Crippen LogP contribution in [0.4, 0.5) is 0 Å². The average molecular weight is 530 g/mol. The van der Waals surface area contributed by atoms with Gasteiger partial charge in [-0.25, -0.2) is 0 Å². The number of para-hydroxylation sites is 1. The number of carbonyl (C=O) groups is 2. The maximum Gasteiger partial charge on any atom is 0.255 e. The van der Waals surface area contributed by atoms with Gasteiger partial charge in [0, 0.05) is 45.2 Å². The highest BCUT2D eigenvalue weighted by Gasteiger charge is 2.26. The predicted molar refractivity (Wildman–Crippen MR) is 147 cm³/mol. The lowest BCUT2D eigenvalue weighted by atomic mass is 9.86. The largest absolute Gasteiger partial charge is 0.493 e. The Bertz CT molecular complexity index is 750. The molecule has 2 amide bonds. The fourth-order valence-electron chi connectivity index (χ4n) is 3.79. The van der Waals surface area contributed by atoms with Gasteiger partial charge >= 0.3 is 0 Å². The SMILES string of the molecule is CCCCNC(=O)[C@H](C)C[C@H](O)[C@@H](N)C[C@H](CNC(=O)c1ccccc1OCCCOC)C(C)C.Cl. The maximum atomic E-state index is 12.9. The summed E-state index contributed by atoms with van der Waals surface area (Å²) in [6.45, 7) is 10.2. The van der Waals surface area contributed by atoms with Crippen LogP contribution in [0, 0.1) is 17.8 Å². The zero-order valence-corrected chi connectivity index (χ0v) is 23.4. The molecular weight excluding hydrogens is 482 g/mol. The first-order valence-corrected chi connectivity index (χ1v) is 12.9. The smallest absolute Gasteiger partial charge is 0.255 e. The van der Waals surface area contributed by atoms with Crippen LogP contribution in [0.15, 0.2) is 24.3 Å². The van der Waals surface area contributed by atoms with Crippen LogP contribution < -0.4 is 21.1 Å². The number of carbonyl (C=O) groups excluding carboxylic acids is 2. The summed E-state index contributed by atoms with van der Waals surface area (Å²) in [5.41, 5.74) is 6.81. The molecule has 0 bridgehead atoms. The van der Waals surface area contributed by atoms with E-state index in [-0.39, 0.29) is 42.0 Å². The van der Waals surface area contributed by atoms with Crippen molar-refractivity contribution in [1.29, 1.82) is 0 Å². The molecule has 0 fully saturated rings. The third-order valence-electron chi connectivity index (χ3n) is 6.29. The van der Waals surface area contributed by atoms with Crippen LogP contribution in [-0.2, 0) is 9.53 Å². The number of nitrogens with one attached hydrogen (secondary N) is 2. The zero-order valence-electron chi connectivity index (χ0n) is 22.6. The second-order valence-corrected chi connectivity index (χ2v) is 9.65. The highest BCUT2D eigenvalue weighted by atomic mass is 35.5. The molecule has 4 atom stereocenters. The molecule has 0 aliphatic heterocycles. The topological polar surface area (TPSA) is 123 Å². The van der Waals surface area contributed by atoms with Crippen molar-refractivity contribution >= 4 is 24.2 Å². The molecule has 208 valence electrons. The van der Waals surface area contributed by atoms with Crippen LogP contribution in [-0.4, -0.2) is 62.5 Å². The molecule has 0 aliphatic carbocycles. The molecule has 5 N–H and O–H groups in total. The van der Waals surface area contributed by atoms with Crippen LogP contribution in [0.25, 0.3) is 0 Å². The maximum absolute atomic E-state index is 12.9. The Kier molecular flexibility index (Phi) is 18.3. The normalized spacial score (nSPS) is 14.3. The van der Waals surface area contributed by atoms with E-state index in [4.69, 9.17) is 15.2 Å². The molecule has 0 spiro atoms. The van der Waals surface area contributed by atoms with Crippen molar-refractivity contribution < 1.29 is 24.2 Å². The number of amides is 2. The molecule has 0 aliphatic rings. The Morgan fingerprint density at radius 1 is 1.06 bits per heavy atom. The molecule has 0 saturated carbocycles. The number of methoxy groups -OCH3 is 1. The first-order chi connectivity index (χ1) is 16.7. The number of halogens is 1. The molecule has 0 heterocycles. The van der Waals surface area contributed by atoms with Gasteiger partial charge in [0.15, 0.2) is 0 Å². The highest BCUT2D eigenvalue weighted by Crippen LogP contribution is 2.21. The molecule has 1 aromatic rings. The van der Waals surface area contributed by atoms with Crippen LogP contribution in [0.2, 0.25) is 0 Å². The van der Waals surface area contributed by atoms with E-state index in [0.29, 0.717) is 50.5 Å². The lowest BCUT2D eigenvalue weighted by Gasteiger charge is -2.28. The van der Waals surface area contributed by atoms with Gasteiger partial charge < -0.3 is 30.9 Å². The van der Waals surface area contributed by atoms with E-state index in [9.17, 15) is 14.7 Å². The molecular formula is C27H48ClN3O5. The average Bonchev–Trinajstić information content (AvgIpc) is 2.84. The molecule has 36 heavy (non-hydrogen) atoms. The van der Waals surface area contributed by atoms with E-state index < -0.39 is 12.1 Å². The number of benzene rings is 1. The Morgan fingerprint density at radius 2 is 1.75 bits per heavy atom. The van der Waals surface area contributed by atoms with Crippen molar-refractivity contribution in [1.82, 2.24) is 10.6 Å². The molecule has 1 rings (SSSR count). The van der Waals surface area contributed by atoms with E-state index in [2.05, 4.69) is 31.4 Å². The van der Waals surface area contributed by atoms with Gasteiger partial charge in [-0.2, -0.15) is 0 Å². The van der Waals surface area contributed by atoms with Gasteiger partial charge in [0.25, 0.3) is 5.91 Å². The summed E-state index contributed by atoms with van der Waals surface area (Å²) in [6.07, 6.45) is 2.75. The van der Waals surface area contributed by atoms with E-state index >= 15 is 0 Å². The summed E-state index contributed by atoms with van der Waals surface area (Å²) in [4.78, 5) is 25.1. The minimum absolute atomic E-state index is 0. The van der Waals surface area contributed by atoms with Crippen LogP contribution in [0.1, 0.15) is 70.2 Å². The van der Waals surface area contributed by atoms with Crippen molar-refractivity contribution in [3.63, 3.8) is 0 Å². The minimum Gasteiger partial charge on any atom is -0.493 e. The van der Waals surface area contributed by atoms with E-state index in [0.717, 1.165) is 19.3 Å². The third kappa shape index (κ3) is 12.9. The fourth-order valence-corrected chi connectivity index (χ4v) is 3.79. The van der Waals surface area contributed by atoms with Gasteiger partial charge in [0.05, 0.1) is 18.3 Å². The molecule has 0 unspecified atom stereocenters. The Hall–Kier alpha value is -1.87. The van der Waals surface area contributed by atoms with Crippen molar-refractivity contribution in [3.05, 3.63) is 29.8 Å².